The van der Waals surface area contributed by atoms with Gasteiger partial charge in [-0.15, -0.1) is 0 Å². The number of amides is 1. The Morgan fingerprint density at radius 2 is 1.79 bits per heavy atom. The van der Waals surface area contributed by atoms with Gasteiger partial charge in [-0.1, -0.05) is 34.1 Å². The van der Waals surface area contributed by atoms with Gasteiger partial charge in [0.25, 0.3) is 5.91 Å². The van der Waals surface area contributed by atoms with Crippen molar-refractivity contribution in [2.45, 2.75) is 6.92 Å². The third-order valence-corrected chi connectivity index (χ3v) is 4.51. The average Bonchev–Trinajstić information content (AvgIpc) is 2.70. The van der Waals surface area contributed by atoms with Crippen LogP contribution >= 0.6 is 15.9 Å². The molecule has 0 heterocycles. The zero-order valence-corrected chi connectivity index (χ0v) is 16.9. The van der Waals surface area contributed by atoms with Gasteiger partial charge in [-0.05, 0) is 61.0 Å². The summed E-state index contributed by atoms with van der Waals surface area (Å²) in [4.78, 5) is 24.5. The lowest BCUT2D eigenvalue weighted by molar-refractivity contribution is 0.0733. The fraction of sp³-hybridized carbons (Fsp3) is 0.0455. The molecule has 0 aliphatic rings. The van der Waals surface area contributed by atoms with Crippen LogP contribution in [0.3, 0.4) is 0 Å². The Morgan fingerprint density at radius 3 is 2.52 bits per heavy atom. The molecular formula is C22H16BrFN2O3. The SMILES string of the molecule is Cc1ccccc1C(=O)Oc1ccc(Br)cc1/C=N/NC(=O)c1ccc(F)cc1. The number of esters is 1. The van der Waals surface area contributed by atoms with Crippen LogP contribution in [0.1, 0.15) is 31.8 Å². The predicted octanol–water partition coefficient (Wildman–Crippen LogP) is 4.88. The van der Waals surface area contributed by atoms with Crippen LogP contribution in [0.4, 0.5) is 4.39 Å². The Bertz CT molecular complexity index is 1080. The van der Waals surface area contributed by atoms with Gasteiger partial charge >= 0.3 is 5.97 Å². The second-order valence-corrected chi connectivity index (χ2v) is 7.01. The molecule has 0 fully saturated rings. The minimum Gasteiger partial charge on any atom is -0.422 e. The van der Waals surface area contributed by atoms with Crippen molar-refractivity contribution in [3.05, 3.63) is 99.3 Å². The predicted molar refractivity (Wildman–Crippen MR) is 112 cm³/mol. The second kappa shape index (κ2) is 9.25. The minimum absolute atomic E-state index is 0.268. The number of rotatable bonds is 5. The highest BCUT2D eigenvalue weighted by atomic mass is 79.9. The van der Waals surface area contributed by atoms with Crippen LogP contribution in [0, 0.1) is 12.7 Å². The molecule has 0 atom stereocenters. The molecule has 0 aromatic heterocycles. The van der Waals surface area contributed by atoms with Crippen LogP contribution in [0.25, 0.3) is 0 Å². The Labute approximate surface area is 175 Å². The molecule has 0 aliphatic carbocycles. The fourth-order valence-corrected chi connectivity index (χ4v) is 2.87. The molecule has 0 bridgehead atoms. The summed E-state index contributed by atoms with van der Waals surface area (Å²) < 4.78 is 19.2. The summed E-state index contributed by atoms with van der Waals surface area (Å²) in [5.41, 5.74) is 4.38. The number of halogens is 2. The van der Waals surface area contributed by atoms with Crippen LogP contribution in [-0.4, -0.2) is 18.1 Å². The number of hydrazone groups is 1. The summed E-state index contributed by atoms with van der Waals surface area (Å²) >= 11 is 3.36. The summed E-state index contributed by atoms with van der Waals surface area (Å²) in [6, 6.07) is 17.3. The number of benzene rings is 3. The smallest absolute Gasteiger partial charge is 0.343 e. The van der Waals surface area contributed by atoms with Crippen molar-refractivity contribution in [1.82, 2.24) is 5.43 Å². The van der Waals surface area contributed by atoms with Crippen molar-refractivity contribution in [3.63, 3.8) is 0 Å². The lowest BCUT2D eigenvalue weighted by Crippen LogP contribution is -2.17. The second-order valence-electron chi connectivity index (χ2n) is 6.09. The monoisotopic (exact) mass is 454 g/mol. The van der Waals surface area contributed by atoms with Gasteiger partial charge in [-0.25, -0.2) is 14.6 Å². The van der Waals surface area contributed by atoms with E-state index >= 15 is 0 Å². The van der Waals surface area contributed by atoms with Gasteiger partial charge in [0.1, 0.15) is 11.6 Å². The van der Waals surface area contributed by atoms with Gasteiger partial charge in [0.2, 0.25) is 0 Å². The molecule has 3 rings (SSSR count). The van der Waals surface area contributed by atoms with Crippen molar-refractivity contribution in [2.24, 2.45) is 5.10 Å². The molecule has 0 spiro atoms. The Hall–Kier alpha value is -3.32. The topological polar surface area (TPSA) is 67.8 Å². The van der Waals surface area contributed by atoms with Crippen molar-refractivity contribution in [2.75, 3.05) is 0 Å². The van der Waals surface area contributed by atoms with Crippen LogP contribution in [0.5, 0.6) is 5.75 Å². The summed E-state index contributed by atoms with van der Waals surface area (Å²) in [6.07, 6.45) is 1.37. The number of carbonyl (C=O) groups is 2. The van der Waals surface area contributed by atoms with E-state index < -0.39 is 17.7 Å². The average molecular weight is 455 g/mol. The molecule has 7 heteroatoms. The van der Waals surface area contributed by atoms with Gasteiger partial charge < -0.3 is 4.74 Å². The molecule has 0 saturated heterocycles. The highest BCUT2D eigenvalue weighted by molar-refractivity contribution is 9.10. The number of ether oxygens (including phenoxy) is 1. The summed E-state index contributed by atoms with van der Waals surface area (Å²) in [5.74, 6) is -1.12. The first kappa shape index (κ1) is 20.4. The van der Waals surface area contributed by atoms with Gasteiger partial charge in [0, 0.05) is 15.6 Å². The van der Waals surface area contributed by atoms with Crippen LogP contribution in [0.2, 0.25) is 0 Å². The van der Waals surface area contributed by atoms with Crippen molar-refractivity contribution in [3.8, 4) is 5.75 Å². The number of nitrogens with zero attached hydrogens (tertiary/aromatic N) is 1. The first-order valence-corrected chi connectivity index (χ1v) is 9.39. The van der Waals surface area contributed by atoms with Crippen molar-refractivity contribution in [1.29, 1.82) is 0 Å². The van der Waals surface area contributed by atoms with E-state index in [0.29, 0.717) is 16.9 Å². The molecule has 1 N–H and O–H groups in total. The van der Waals surface area contributed by atoms with Crippen molar-refractivity contribution >= 4 is 34.0 Å². The molecule has 1 amide bonds. The van der Waals surface area contributed by atoms with Crippen molar-refractivity contribution < 1.29 is 18.7 Å². The standard InChI is InChI=1S/C22H16BrFN2O3/c1-14-4-2-3-5-19(14)22(28)29-20-11-8-17(23)12-16(20)13-25-26-21(27)15-6-9-18(24)10-7-15/h2-13H,1H3,(H,26,27)/b25-13+. The van der Waals surface area contributed by atoms with E-state index in [4.69, 9.17) is 4.74 Å². The maximum absolute atomic E-state index is 13.0. The molecule has 146 valence electrons. The maximum atomic E-state index is 13.0. The fourth-order valence-electron chi connectivity index (χ4n) is 2.50. The number of nitrogens with one attached hydrogen (secondary N) is 1. The van der Waals surface area contributed by atoms with E-state index in [1.165, 1.54) is 30.5 Å². The lowest BCUT2D eigenvalue weighted by atomic mass is 10.1. The first-order valence-electron chi connectivity index (χ1n) is 8.60. The normalized spacial score (nSPS) is 10.7. The first-order chi connectivity index (χ1) is 13.9. The van der Waals surface area contributed by atoms with Gasteiger partial charge in [0.15, 0.2) is 0 Å². The molecule has 3 aromatic carbocycles. The maximum Gasteiger partial charge on any atom is 0.343 e. The van der Waals surface area contributed by atoms with E-state index in [9.17, 15) is 14.0 Å². The summed E-state index contributed by atoms with van der Waals surface area (Å²) in [5, 5.41) is 3.91. The molecule has 0 aliphatic heterocycles. The quantitative estimate of drug-likeness (QED) is 0.258. The summed E-state index contributed by atoms with van der Waals surface area (Å²) in [6.45, 7) is 1.82. The zero-order chi connectivity index (χ0) is 20.8. The number of hydrogen-bond donors (Lipinski definition) is 1. The molecule has 29 heavy (non-hydrogen) atoms. The highest BCUT2D eigenvalue weighted by Crippen LogP contribution is 2.23. The number of carbonyl (C=O) groups excluding carboxylic acids is 2. The number of hydrogen-bond acceptors (Lipinski definition) is 4. The van der Waals surface area contributed by atoms with Gasteiger partial charge in [-0.3, -0.25) is 4.79 Å². The van der Waals surface area contributed by atoms with E-state index in [1.807, 2.05) is 19.1 Å². The molecule has 0 saturated carbocycles. The van der Waals surface area contributed by atoms with Crippen LogP contribution < -0.4 is 10.2 Å². The number of aryl methyl sites for hydroxylation is 1. The third kappa shape index (κ3) is 5.36. The van der Waals surface area contributed by atoms with Gasteiger partial charge in [-0.2, -0.15) is 5.10 Å². The van der Waals surface area contributed by atoms with E-state index in [-0.39, 0.29) is 5.56 Å². The molecule has 5 nitrogen and oxygen atoms in total. The molecule has 0 unspecified atom stereocenters. The van der Waals surface area contributed by atoms with E-state index in [1.54, 1.807) is 30.3 Å². The molecule has 0 radical (unpaired) electrons. The van der Waals surface area contributed by atoms with Gasteiger partial charge in [0.05, 0.1) is 11.8 Å². The van der Waals surface area contributed by atoms with E-state index in [0.717, 1.165) is 10.0 Å². The van der Waals surface area contributed by atoms with Crippen LogP contribution in [-0.2, 0) is 0 Å². The Kier molecular flexibility index (Phi) is 6.51. The Morgan fingerprint density at radius 1 is 1.07 bits per heavy atom. The minimum atomic E-state index is -0.491. The molecule has 3 aromatic rings. The van der Waals surface area contributed by atoms with E-state index in [2.05, 4.69) is 26.5 Å². The summed E-state index contributed by atoms with van der Waals surface area (Å²) in [7, 11) is 0. The third-order valence-electron chi connectivity index (χ3n) is 4.02. The zero-order valence-electron chi connectivity index (χ0n) is 15.4. The Balaban J connectivity index is 1.75. The largest absolute Gasteiger partial charge is 0.422 e. The van der Waals surface area contributed by atoms with Crippen LogP contribution in [0.15, 0.2) is 76.3 Å². The molecular weight excluding hydrogens is 439 g/mol. The highest BCUT2D eigenvalue weighted by Gasteiger charge is 2.13. The lowest BCUT2D eigenvalue weighted by Gasteiger charge is -2.09.